The van der Waals surface area contributed by atoms with Crippen molar-refractivity contribution >= 4 is 11.6 Å². The van der Waals surface area contributed by atoms with Crippen LogP contribution < -0.4 is 10.2 Å². The van der Waals surface area contributed by atoms with Crippen LogP contribution in [0.1, 0.15) is 28.4 Å². The molecule has 0 saturated heterocycles. The van der Waals surface area contributed by atoms with E-state index in [1.807, 2.05) is 54.3 Å². The number of fused-ring (bicyclic) bond motifs is 1. The average molecular weight is 280 g/mol. The molecule has 1 heterocycles. The number of para-hydroxylation sites is 1. The van der Waals surface area contributed by atoms with E-state index < -0.39 is 0 Å². The molecular weight excluding hydrogens is 260 g/mol. The molecule has 2 aromatic carbocycles. The Labute approximate surface area is 125 Å². The summed E-state index contributed by atoms with van der Waals surface area (Å²) in [5.41, 5.74) is 4.25. The Bertz CT molecular complexity index is 637. The van der Waals surface area contributed by atoms with Crippen LogP contribution in [0.2, 0.25) is 0 Å². The monoisotopic (exact) mass is 280 g/mol. The summed E-state index contributed by atoms with van der Waals surface area (Å²) in [6.45, 7) is 4.48. The fourth-order valence-corrected chi connectivity index (χ4v) is 2.93. The van der Waals surface area contributed by atoms with E-state index in [2.05, 4.69) is 11.4 Å². The molecule has 0 fully saturated rings. The van der Waals surface area contributed by atoms with Crippen LogP contribution >= 0.6 is 0 Å². The van der Waals surface area contributed by atoms with Gasteiger partial charge in [0, 0.05) is 24.3 Å². The Morgan fingerprint density at radius 2 is 1.95 bits per heavy atom. The fraction of sp³-hybridized carbons (Fsp3) is 0.278. The minimum Gasteiger partial charge on any atom is -0.312 e. The van der Waals surface area contributed by atoms with Gasteiger partial charge in [-0.2, -0.15) is 0 Å². The summed E-state index contributed by atoms with van der Waals surface area (Å²) in [6.07, 6.45) is 0.920. The quantitative estimate of drug-likeness (QED) is 0.937. The molecule has 3 nitrogen and oxygen atoms in total. The van der Waals surface area contributed by atoms with E-state index in [4.69, 9.17) is 0 Å². The highest BCUT2D eigenvalue weighted by Gasteiger charge is 2.21. The van der Waals surface area contributed by atoms with Gasteiger partial charge in [0.25, 0.3) is 5.91 Å². The number of anilines is 1. The normalized spacial score (nSPS) is 13.6. The van der Waals surface area contributed by atoms with Gasteiger partial charge in [-0.05, 0) is 49.2 Å². The van der Waals surface area contributed by atoms with Crippen molar-refractivity contribution in [1.29, 1.82) is 0 Å². The molecule has 0 bridgehead atoms. The highest BCUT2D eigenvalue weighted by molar-refractivity contribution is 6.07. The number of carbonyl (C=O) groups excluding carboxylic acids is 1. The van der Waals surface area contributed by atoms with Crippen molar-refractivity contribution in [3.8, 4) is 0 Å². The lowest BCUT2D eigenvalue weighted by Crippen LogP contribution is -2.33. The van der Waals surface area contributed by atoms with Crippen LogP contribution in [0.15, 0.2) is 48.5 Å². The number of amides is 1. The second-order valence-corrected chi connectivity index (χ2v) is 5.25. The van der Waals surface area contributed by atoms with E-state index in [0.717, 1.165) is 30.8 Å². The Morgan fingerprint density at radius 3 is 2.71 bits per heavy atom. The molecule has 3 rings (SSSR count). The molecule has 0 aromatic heterocycles. The third-order valence-electron chi connectivity index (χ3n) is 4.00. The number of hydrogen-bond acceptors (Lipinski definition) is 2. The SMILES string of the molecule is CCN(C(=O)c1cccc2c1CCNC2)c1ccccc1. The van der Waals surface area contributed by atoms with Gasteiger partial charge >= 0.3 is 0 Å². The highest BCUT2D eigenvalue weighted by atomic mass is 16.2. The first-order valence-electron chi connectivity index (χ1n) is 7.49. The maximum Gasteiger partial charge on any atom is 0.258 e. The van der Waals surface area contributed by atoms with Crippen LogP contribution in [0, 0.1) is 0 Å². The molecule has 0 radical (unpaired) electrons. The first-order valence-corrected chi connectivity index (χ1v) is 7.49. The Balaban J connectivity index is 1.98. The van der Waals surface area contributed by atoms with Gasteiger partial charge in [0.05, 0.1) is 0 Å². The topological polar surface area (TPSA) is 32.3 Å². The molecule has 21 heavy (non-hydrogen) atoms. The van der Waals surface area contributed by atoms with Crippen LogP contribution in [0.5, 0.6) is 0 Å². The molecule has 0 atom stereocenters. The van der Waals surface area contributed by atoms with E-state index in [1.165, 1.54) is 11.1 Å². The Morgan fingerprint density at radius 1 is 1.14 bits per heavy atom. The van der Waals surface area contributed by atoms with Crippen molar-refractivity contribution in [3.05, 3.63) is 65.2 Å². The third-order valence-corrected chi connectivity index (χ3v) is 4.00. The standard InChI is InChI=1S/C18H20N2O/c1-2-20(15-8-4-3-5-9-15)18(21)17-10-6-7-14-13-19-12-11-16(14)17/h3-10,19H,2,11-13H2,1H3. The Kier molecular flexibility index (Phi) is 4.02. The van der Waals surface area contributed by atoms with Crippen molar-refractivity contribution < 1.29 is 4.79 Å². The number of nitrogens with zero attached hydrogens (tertiary/aromatic N) is 1. The molecule has 0 aliphatic carbocycles. The van der Waals surface area contributed by atoms with Crippen LogP contribution in [-0.2, 0) is 13.0 Å². The number of nitrogens with one attached hydrogen (secondary N) is 1. The summed E-state index contributed by atoms with van der Waals surface area (Å²) >= 11 is 0. The molecule has 0 spiro atoms. The van der Waals surface area contributed by atoms with Crippen molar-refractivity contribution in [1.82, 2.24) is 5.32 Å². The highest BCUT2D eigenvalue weighted by Crippen LogP contribution is 2.23. The first kappa shape index (κ1) is 13.8. The number of carbonyl (C=O) groups is 1. The van der Waals surface area contributed by atoms with Crippen molar-refractivity contribution in [3.63, 3.8) is 0 Å². The van der Waals surface area contributed by atoms with E-state index in [-0.39, 0.29) is 5.91 Å². The maximum absolute atomic E-state index is 13.0. The first-order chi connectivity index (χ1) is 10.3. The number of hydrogen-bond donors (Lipinski definition) is 1. The van der Waals surface area contributed by atoms with Gasteiger partial charge in [0.15, 0.2) is 0 Å². The fourth-order valence-electron chi connectivity index (χ4n) is 2.93. The van der Waals surface area contributed by atoms with Crippen LogP contribution in [0.25, 0.3) is 0 Å². The molecule has 3 heteroatoms. The summed E-state index contributed by atoms with van der Waals surface area (Å²) < 4.78 is 0. The molecule has 2 aromatic rings. The van der Waals surface area contributed by atoms with Gasteiger partial charge in [-0.1, -0.05) is 30.3 Å². The molecule has 1 aliphatic rings. The molecule has 108 valence electrons. The van der Waals surface area contributed by atoms with Gasteiger partial charge < -0.3 is 10.2 Å². The van der Waals surface area contributed by atoms with Crippen LogP contribution in [-0.4, -0.2) is 19.0 Å². The summed E-state index contributed by atoms with van der Waals surface area (Å²) in [4.78, 5) is 14.8. The zero-order valence-electron chi connectivity index (χ0n) is 12.3. The van der Waals surface area contributed by atoms with Crippen LogP contribution in [0.3, 0.4) is 0 Å². The Hall–Kier alpha value is -2.13. The maximum atomic E-state index is 13.0. The summed E-state index contributed by atoms with van der Waals surface area (Å²) in [7, 11) is 0. The molecule has 1 amide bonds. The van der Waals surface area contributed by atoms with E-state index >= 15 is 0 Å². The molecule has 1 aliphatic heterocycles. The second-order valence-electron chi connectivity index (χ2n) is 5.25. The van der Waals surface area contributed by atoms with Crippen molar-refractivity contribution in [2.24, 2.45) is 0 Å². The lowest BCUT2D eigenvalue weighted by molar-refractivity contribution is 0.0987. The molecule has 1 N–H and O–H groups in total. The van der Waals surface area contributed by atoms with E-state index in [0.29, 0.717) is 6.54 Å². The summed E-state index contributed by atoms with van der Waals surface area (Å²) in [5, 5.41) is 3.36. The predicted molar refractivity (Wildman–Crippen MR) is 85.6 cm³/mol. The predicted octanol–water partition coefficient (Wildman–Crippen LogP) is 3.00. The molecular formula is C18H20N2O. The number of rotatable bonds is 3. The molecule has 0 unspecified atom stereocenters. The van der Waals surface area contributed by atoms with Crippen LogP contribution in [0.4, 0.5) is 5.69 Å². The van der Waals surface area contributed by atoms with Gasteiger partial charge in [0.2, 0.25) is 0 Å². The van der Waals surface area contributed by atoms with Gasteiger partial charge in [-0.15, -0.1) is 0 Å². The average Bonchev–Trinajstić information content (AvgIpc) is 2.56. The van der Waals surface area contributed by atoms with Crippen molar-refractivity contribution in [2.75, 3.05) is 18.0 Å². The smallest absolute Gasteiger partial charge is 0.258 e. The minimum absolute atomic E-state index is 0.0995. The largest absolute Gasteiger partial charge is 0.312 e. The van der Waals surface area contributed by atoms with Crippen molar-refractivity contribution in [2.45, 2.75) is 19.9 Å². The van der Waals surface area contributed by atoms with Gasteiger partial charge in [-0.3, -0.25) is 4.79 Å². The summed E-state index contributed by atoms with van der Waals surface area (Å²) in [5.74, 6) is 0.0995. The zero-order valence-corrected chi connectivity index (χ0v) is 12.3. The number of benzene rings is 2. The lowest BCUT2D eigenvalue weighted by Gasteiger charge is -2.25. The van der Waals surface area contributed by atoms with E-state index in [9.17, 15) is 4.79 Å². The van der Waals surface area contributed by atoms with Gasteiger partial charge in [0.1, 0.15) is 0 Å². The third kappa shape index (κ3) is 2.69. The lowest BCUT2D eigenvalue weighted by atomic mass is 9.94. The molecule has 0 saturated carbocycles. The van der Waals surface area contributed by atoms with E-state index in [1.54, 1.807) is 0 Å². The summed E-state index contributed by atoms with van der Waals surface area (Å²) in [6, 6.07) is 15.9. The second kappa shape index (κ2) is 6.10. The minimum atomic E-state index is 0.0995. The zero-order chi connectivity index (χ0) is 14.7. The van der Waals surface area contributed by atoms with Gasteiger partial charge in [-0.25, -0.2) is 0 Å².